The average molecular weight is 395 g/mol. The normalized spacial score (nSPS) is 15.5. The Morgan fingerprint density at radius 1 is 1.03 bits per heavy atom. The molecule has 2 aromatic rings. The highest BCUT2D eigenvalue weighted by atomic mass is 16.5. The van der Waals surface area contributed by atoms with Crippen molar-refractivity contribution in [1.82, 2.24) is 10.2 Å². The van der Waals surface area contributed by atoms with Gasteiger partial charge in [-0.15, -0.1) is 0 Å². The van der Waals surface area contributed by atoms with Crippen LogP contribution in [0.3, 0.4) is 0 Å². The van der Waals surface area contributed by atoms with Crippen LogP contribution in [0.5, 0.6) is 5.75 Å². The van der Waals surface area contributed by atoms with E-state index in [9.17, 15) is 4.79 Å². The van der Waals surface area contributed by atoms with E-state index in [1.54, 1.807) is 0 Å². The molecular formula is C25H34N2O2. The number of ether oxygens (including phenoxy) is 1. The largest absolute Gasteiger partial charge is 0.483 e. The maximum absolute atomic E-state index is 12.5. The predicted octanol–water partition coefficient (Wildman–Crippen LogP) is 4.76. The van der Waals surface area contributed by atoms with E-state index in [1.807, 2.05) is 13.0 Å². The van der Waals surface area contributed by atoms with E-state index >= 15 is 0 Å². The number of hydrogen-bond donors (Lipinski definition) is 1. The molecule has 4 heteroatoms. The Balaban J connectivity index is 1.60. The van der Waals surface area contributed by atoms with Crippen LogP contribution in [-0.2, 0) is 4.79 Å². The summed E-state index contributed by atoms with van der Waals surface area (Å²) in [6, 6.07) is 15.1. The summed E-state index contributed by atoms with van der Waals surface area (Å²) < 4.78 is 5.89. The second kappa shape index (κ2) is 9.93. The van der Waals surface area contributed by atoms with Crippen molar-refractivity contribution in [3.63, 3.8) is 0 Å². The van der Waals surface area contributed by atoms with Gasteiger partial charge in [0.2, 0.25) is 0 Å². The van der Waals surface area contributed by atoms with E-state index < -0.39 is 0 Å². The molecule has 1 aliphatic rings. The number of carbonyl (C=O) groups excluding carboxylic acids is 1. The Hall–Kier alpha value is -2.33. The highest BCUT2D eigenvalue weighted by Crippen LogP contribution is 2.28. The molecule has 3 rings (SSSR count). The molecule has 1 N–H and O–H groups in total. The molecule has 1 fully saturated rings. The van der Waals surface area contributed by atoms with Gasteiger partial charge in [-0.05, 0) is 68.5 Å². The Bertz CT molecular complexity index is 808. The molecule has 2 aromatic carbocycles. The molecular weight excluding hydrogens is 360 g/mol. The van der Waals surface area contributed by atoms with E-state index in [4.69, 9.17) is 4.74 Å². The molecule has 0 bridgehead atoms. The molecule has 1 heterocycles. The first-order valence-corrected chi connectivity index (χ1v) is 10.7. The molecule has 156 valence electrons. The molecule has 0 aliphatic carbocycles. The standard InChI is InChI=1S/C25H34N2O2/c1-18(2)22-12-9-20(4)15-24(22)29-17-25(28)26-16-23(27-13-5-6-14-27)21-10-7-19(3)8-11-21/h7-12,15,18,23H,5-6,13-14,16-17H2,1-4H3,(H,26,28)/t23-/m0/s1. The molecule has 0 unspecified atom stereocenters. The van der Waals surface area contributed by atoms with Gasteiger partial charge in [-0.2, -0.15) is 0 Å². The molecule has 29 heavy (non-hydrogen) atoms. The molecule has 1 amide bonds. The molecule has 4 nitrogen and oxygen atoms in total. The van der Waals surface area contributed by atoms with Crippen LogP contribution in [-0.4, -0.2) is 37.0 Å². The van der Waals surface area contributed by atoms with E-state index in [0.29, 0.717) is 12.5 Å². The number of amides is 1. The molecule has 1 saturated heterocycles. The van der Waals surface area contributed by atoms with Crippen molar-refractivity contribution in [1.29, 1.82) is 0 Å². The number of benzene rings is 2. The fourth-order valence-electron chi connectivity index (χ4n) is 3.95. The Morgan fingerprint density at radius 2 is 1.69 bits per heavy atom. The predicted molar refractivity (Wildman–Crippen MR) is 118 cm³/mol. The number of hydrogen-bond acceptors (Lipinski definition) is 3. The van der Waals surface area contributed by atoms with Crippen molar-refractivity contribution in [3.05, 3.63) is 64.7 Å². The Kier molecular flexibility index (Phi) is 7.32. The summed E-state index contributed by atoms with van der Waals surface area (Å²) in [7, 11) is 0. The highest BCUT2D eigenvalue weighted by molar-refractivity contribution is 5.77. The van der Waals surface area contributed by atoms with E-state index in [2.05, 4.69) is 67.4 Å². The van der Waals surface area contributed by atoms with Gasteiger partial charge in [0.05, 0.1) is 6.04 Å². The van der Waals surface area contributed by atoms with Crippen molar-refractivity contribution in [2.24, 2.45) is 0 Å². The monoisotopic (exact) mass is 394 g/mol. The Morgan fingerprint density at radius 3 is 2.34 bits per heavy atom. The molecule has 0 radical (unpaired) electrons. The summed E-state index contributed by atoms with van der Waals surface area (Å²) in [6.45, 7) is 11.3. The SMILES string of the molecule is Cc1ccc([C@H](CNC(=O)COc2cc(C)ccc2C(C)C)N2CCCC2)cc1. The third-order valence-corrected chi connectivity index (χ3v) is 5.69. The lowest BCUT2D eigenvalue weighted by Gasteiger charge is -2.28. The minimum Gasteiger partial charge on any atom is -0.483 e. The number of rotatable bonds is 8. The van der Waals surface area contributed by atoms with Gasteiger partial charge in [-0.1, -0.05) is 55.8 Å². The molecule has 1 atom stereocenters. The van der Waals surface area contributed by atoms with E-state index in [-0.39, 0.29) is 18.6 Å². The zero-order valence-electron chi connectivity index (χ0n) is 18.2. The second-order valence-electron chi connectivity index (χ2n) is 8.46. The smallest absolute Gasteiger partial charge is 0.258 e. The molecule has 0 aromatic heterocycles. The van der Waals surface area contributed by atoms with Gasteiger partial charge >= 0.3 is 0 Å². The number of aryl methyl sites for hydroxylation is 2. The lowest BCUT2D eigenvalue weighted by molar-refractivity contribution is -0.123. The van der Waals surface area contributed by atoms with Gasteiger partial charge < -0.3 is 10.1 Å². The van der Waals surface area contributed by atoms with Gasteiger partial charge in [-0.25, -0.2) is 0 Å². The zero-order valence-corrected chi connectivity index (χ0v) is 18.2. The van der Waals surface area contributed by atoms with Gasteiger partial charge in [0.15, 0.2) is 6.61 Å². The minimum absolute atomic E-state index is 0.0454. The van der Waals surface area contributed by atoms with Crippen LogP contribution in [0.25, 0.3) is 0 Å². The summed E-state index contributed by atoms with van der Waals surface area (Å²) in [5, 5.41) is 3.10. The summed E-state index contributed by atoms with van der Waals surface area (Å²) in [5.41, 5.74) is 4.79. The number of likely N-dealkylation sites (tertiary alicyclic amines) is 1. The van der Waals surface area contributed by atoms with Gasteiger partial charge in [0, 0.05) is 6.54 Å². The van der Waals surface area contributed by atoms with Crippen LogP contribution in [0.1, 0.15) is 60.9 Å². The van der Waals surface area contributed by atoms with E-state index in [1.165, 1.54) is 24.0 Å². The fourth-order valence-corrected chi connectivity index (χ4v) is 3.95. The second-order valence-corrected chi connectivity index (χ2v) is 8.46. The van der Waals surface area contributed by atoms with Crippen molar-refractivity contribution >= 4 is 5.91 Å². The third-order valence-electron chi connectivity index (χ3n) is 5.69. The lowest BCUT2D eigenvalue weighted by Crippen LogP contribution is -2.38. The average Bonchev–Trinajstić information content (AvgIpc) is 3.22. The molecule has 1 aliphatic heterocycles. The van der Waals surface area contributed by atoms with Gasteiger partial charge in [0.25, 0.3) is 5.91 Å². The number of nitrogens with zero attached hydrogens (tertiary/aromatic N) is 1. The maximum Gasteiger partial charge on any atom is 0.258 e. The first-order chi connectivity index (χ1) is 13.9. The van der Waals surface area contributed by atoms with Crippen LogP contribution < -0.4 is 10.1 Å². The van der Waals surface area contributed by atoms with Crippen LogP contribution in [0.15, 0.2) is 42.5 Å². The van der Waals surface area contributed by atoms with Crippen molar-refractivity contribution in [2.75, 3.05) is 26.2 Å². The van der Waals surface area contributed by atoms with Crippen molar-refractivity contribution in [3.8, 4) is 5.75 Å². The Labute approximate surface area is 175 Å². The topological polar surface area (TPSA) is 41.6 Å². The molecule has 0 spiro atoms. The van der Waals surface area contributed by atoms with Crippen molar-refractivity contribution < 1.29 is 9.53 Å². The van der Waals surface area contributed by atoms with Crippen LogP contribution in [0, 0.1) is 13.8 Å². The first kappa shape index (κ1) is 21.4. The summed E-state index contributed by atoms with van der Waals surface area (Å²) in [6.07, 6.45) is 2.45. The number of nitrogens with one attached hydrogen (secondary N) is 1. The quantitative estimate of drug-likeness (QED) is 0.702. The van der Waals surface area contributed by atoms with Crippen LogP contribution in [0.4, 0.5) is 0 Å². The van der Waals surface area contributed by atoms with Gasteiger partial charge in [-0.3, -0.25) is 9.69 Å². The summed E-state index contributed by atoms with van der Waals surface area (Å²) in [4.78, 5) is 15.0. The number of carbonyl (C=O) groups is 1. The highest BCUT2D eigenvalue weighted by Gasteiger charge is 2.24. The van der Waals surface area contributed by atoms with Crippen molar-refractivity contribution in [2.45, 2.75) is 52.5 Å². The summed E-state index contributed by atoms with van der Waals surface area (Å²) >= 11 is 0. The zero-order chi connectivity index (χ0) is 20.8. The maximum atomic E-state index is 12.5. The van der Waals surface area contributed by atoms with Gasteiger partial charge in [0.1, 0.15) is 5.75 Å². The lowest BCUT2D eigenvalue weighted by atomic mass is 10.0. The first-order valence-electron chi connectivity index (χ1n) is 10.7. The van der Waals surface area contributed by atoms with E-state index in [0.717, 1.165) is 30.0 Å². The van der Waals surface area contributed by atoms with Crippen LogP contribution in [0.2, 0.25) is 0 Å². The fraction of sp³-hybridized carbons (Fsp3) is 0.480. The minimum atomic E-state index is -0.0717. The summed E-state index contributed by atoms with van der Waals surface area (Å²) in [5.74, 6) is 1.09. The third kappa shape index (κ3) is 5.83. The molecule has 0 saturated carbocycles. The van der Waals surface area contributed by atoms with Crippen LogP contribution >= 0.6 is 0 Å².